The summed E-state index contributed by atoms with van der Waals surface area (Å²) in [6.07, 6.45) is 6.96. The third-order valence-corrected chi connectivity index (χ3v) is 6.66. The van der Waals surface area contributed by atoms with Crippen molar-refractivity contribution in [1.82, 2.24) is 10.6 Å². The lowest BCUT2D eigenvalue weighted by molar-refractivity contribution is -0.147. The zero-order valence-corrected chi connectivity index (χ0v) is 16.5. The number of ether oxygens (including phenoxy) is 2. The number of carbonyl (C=O) groups excluding carboxylic acids is 2. The number of benzene rings is 1. The van der Waals surface area contributed by atoms with Gasteiger partial charge >= 0.3 is 0 Å². The summed E-state index contributed by atoms with van der Waals surface area (Å²) in [5, 5.41) is 5.71. The van der Waals surface area contributed by atoms with E-state index in [4.69, 9.17) is 9.47 Å². The molecule has 2 amide bonds. The van der Waals surface area contributed by atoms with Crippen molar-refractivity contribution in [2.75, 3.05) is 26.8 Å². The summed E-state index contributed by atoms with van der Waals surface area (Å²) in [4.78, 5) is 24.9. The van der Waals surface area contributed by atoms with Gasteiger partial charge in [0.1, 0.15) is 18.1 Å². The normalized spacial score (nSPS) is 30.0. The maximum absolute atomic E-state index is 12.8. The van der Waals surface area contributed by atoms with Crippen LogP contribution in [-0.2, 0) is 9.59 Å². The van der Waals surface area contributed by atoms with E-state index in [2.05, 4.69) is 10.6 Å². The third-order valence-electron chi connectivity index (χ3n) is 6.66. The molecule has 4 saturated carbocycles. The molecule has 28 heavy (non-hydrogen) atoms. The first-order valence-corrected chi connectivity index (χ1v) is 10.4. The summed E-state index contributed by atoms with van der Waals surface area (Å²) >= 11 is 0. The van der Waals surface area contributed by atoms with Gasteiger partial charge in [0.2, 0.25) is 11.8 Å². The molecule has 0 aliphatic heterocycles. The number of amides is 2. The first-order valence-electron chi connectivity index (χ1n) is 10.4. The lowest BCUT2D eigenvalue weighted by atomic mass is 9.49. The summed E-state index contributed by atoms with van der Waals surface area (Å²) in [6, 6.07) is 7.34. The molecule has 6 heteroatoms. The summed E-state index contributed by atoms with van der Waals surface area (Å²) in [6.45, 7) is 0.796. The second kappa shape index (κ2) is 8.02. The fraction of sp³-hybridized carbons (Fsp3) is 0.636. The van der Waals surface area contributed by atoms with E-state index in [0.717, 1.165) is 42.8 Å². The van der Waals surface area contributed by atoms with Crippen LogP contribution in [0.3, 0.4) is 0 Å². The minimum atomic E-state index is -0.204. The topological polar surface area (TPSA) is 76.7 Å². The molecule has 152 valence electrons. The highest BCUT2D eigenvalue weighted by atomic mass is 16.5. The van der Waals surface area contributed by atoms with Crippen molar-refractivity contribution in [2.24, 2.45) is 23.2 Å². The predicted octanol–water partition coefficient (Wildman–Crippen LogP) is 2.52. The smallest absolute Gasteiger partial charge is 0.239 e. The van der Waals surface area contributed by atoms with Crippen LogP contribution < -0.4 is 20.1 Å². The third kappa shape index (κ3) is 4.10. The van der Waals surface area contributed by atoms with Crippen molar-refractivity contribution in [3.05, 3.63) is 24.3 Å². The van der Waals surface area contributed by atoms with E-state index in [1.807, 2.05) is 18.2 Å². The van der Waals surface area contributed by atoms with Crippen molar-refractivity contribution in [3.8, 4) is 11.5 Å². The Hall–Kier alpha value is -2.24. The van der Waals surface area contributed by atoms with Crippen LogP contribution in [0.25, 0.3) is 0 Å². The molecule has 0 atom stereocenters. The van der Waals surface area contributed by atoms with Crippen LogP contribution in [0, 0.1) is 23.2 Å². The fourth-order valence-corrected chi connectivity index (χ4v) is 5.85. The van der Waals surface area contributed by atoms with Crippen LogP contribution in [0.2, 0.25) is 0 Å². The van der Waals surface area contributed by atoms with Crippen LogP contribution in [0.1, 0.15) is 38.5 Å². The monoisotopic (exact) mass is 386 g/mol. The maximum atomic E-state index is 12.8. The standard InChI is InChI=1S/C22H30N2O4/c1-27-18-3-2-4-19(10-18)28-6-5-23-20(25)14-24-21(26)22-11-15-7-16(12-22)9-17(8-15)13-22/h2-4,10,15-17H,5-9,11-14H2,1H3,(H,23,25)(H,24,26). The lowest BCUT2D eigenvalue weighted by Gasteiger charge is -2.55. The van der Waals surface area contributed by atoms with Gasteiger partial charge in [-0.3, -0.25) is 9.59 Å². The average molecular weight is 386 g/mol. The van der Waals surface area contributed by atoms with E-state index >= 15 is 0 Å². The Labute approximate surface area is 166 Å². The van der Waals surface area contributed by atoms with Gasteiger partial charge in [-0.05, 0) is 68.4 Å². The van der Waals surface area contributed by atoms with E-state index in [9.17, 15) is 9.59 Å². The lowest BCUT2D eigenvalue weighted by Crippen LogP contribution is -2.54. The zero-order chi connectivity index (χ0) is 19.6. The van der Waals surface area contributed by atoms with Gasteiger partial charge in [0.25, 0.3) is 0 Å². The summed E-state index contributed by atoms with van der Waals surface area (Å²) in [7, 11) is 1.61. The second-order valence-corrected chi connectivity index (χ2v) is 8.76. The van der Waals surface area contributed by atoms with Gasteiger partial charge in [0, 0.05) is 11.5 Å². The van der Waals surface area contributed by atoms with Gasteiger partial charge in [0.15, 0.2) is 0 Å². The minimum Gasteiger partial charge on any atom is -0.497 e. The van der Waals surface area contributed by atoms with Crippen LogP contribution in [0.15, 0.2) is 24.3 Å². The molecule has 5 rings (SSSR count). The van der Waals surface area contributed by atoms with Gasteiger partial charge in [-0.2, -0.15) is 0 Å². The fourth-order valence-electron chi connectivity index (χ4n) is 5.85. The molecular formula is C22H30N2O4. The highest BCUT2D eigenvalue weighted by Gasteiger charge is 2.54. The molecular weight excluding hydrogens is 356 g/mol. The molecule has 4 aliphatic carbocycles. The largest absolute Gasteiger partial charge is 0.497 e. The Morgan fingerprint density at radius 1 is 1.04 bits per heavy atom. The number of methoxy groups -OCH3 is 1. The highest BCUT2D eigenvalue weighted by Crippen LogP contribution is 2.60. The van der Waals surface area contributed by atoms with E-state index in [-0.39, 0.29) is 23.8 Å². The molecule has 0 spiro atoms. The molecule has 1 aromatic rings. The van der Waals surface area contributed by atoms with Crippen LogP contribution in [0.5, 0.6) is 11.5 Å². The molecule has 0 saturated heterocycles. The number of hydrogen-bond donors (Lipinski definition) is 2. The van der Waals surface area contributed by atoms with Crippen molar-refractivity contribution in [1.29, 1.82) is 0 Å². The molecule has 6 nitrogen and oxygen atoms in total. The average Bonchev–Trinajstić information content (AvgIpc) is 2.68. The number of hydrogen-bond acceptors (Lipinski definition) is 4. The molecule has 0 unspecified atom stereocenters. The molecule has 1 aromatic carbocycles. The van der Waals surface area contributed by atoms with Crippen molar-refractivity contribution in [2.45, 2.75) is 38.5 Å². The number of rotatable bonds is 8. The van der Waals surface area contributed by atoms with Gasteiger partial charge in [-0.1, -0.05) is 6.07 Å². The quantitative estimate of drug-likeness (QED) is 0.673. The zero-order valence-electron chi connectivity index (χ0n) is 16.5. The Kier molecular flexibility index (Phi) is 5.47. The molecule has 4 aliphatic rings. The summed E-state index contributed by atoms with van der Waals surface area (Å²) in [5.74, 6) is 3.51. The number of nitrogens with one attached hydrogen (secondary N) is 2. The Morgan fingerprint density at radius 3 is 2.32 bits per heavy atom. The Balaban J connectivity index is 1.17. The molecule has 4 bridgehead atoms. The highest BCUT2D eigenvalue weighted by molar-refractivity contribution is 5.88. The molecule has 0 heterocycles. The maximum Gasteiger partial charge on any atom is 0.239 e. The molecule has 4 fully saturated rings. The van der Waals surface area contributed by atoms with Crippen molar-refractivity contribution < 1.29 is 19.1 Å². The van der Waals surface area contributed by atoms with E-state index < -0.39 is 0 Å². The second-order valence-electron chi connectivity index (χ2n) is 8.76. The Morgan fingerprint density at radius 2 is 1.68 bits per heavy atom. The van der Waals surface area contributed by atoms with Crippen molar-refractivity contribution in [3.63, 3.8) is 0 Å². The molecule has 0 aromatic heterocycles. The summed E-state index contributed by atoms with van der Waals surface area (Å²) in [5.41, 5.74) is -0.204. The van der Waals surface area contributed by atoms with Gasteiger partial charge in [-0.15, -0.1) is 0 Å². The van der Waals surface area contributed by atoms with E-state index in [1.165, 1.54) is 19.3 Å². The van der Waals surface area contributed by atoms with E-state index in [0.29, 0.717) is 18.9 Å². The molecule has 2 N–H and O–H groups in total. The Bertz CT molecular complexity index is 698. The first-order chi connectivity index (χ1) is 13.6. The van der Waals surface area contributed by atoms with E-state index in [1.54, 1.807) is 13.2 Å². The van der Waals surface area contributed by atoms with Crippen LogP contribution in [0.4, 0.5) is 0 Å². The van der Waals surface area contributed by atoms with Gasteiger partial charge in [0.05, 0.1) is 20.2 Å². The van der Waals surface area contributed by atoms with Gasteiger partial charge in [-0.25, -0.2) is 0 Å². The van der Waals surface area contributed by atoms with Crippen LogP contribution >= 0.6 is 0 Å². The van der Waals surface area contributed by atoms with Gasteiger partial charge < -0.3 is 20.1 Å². The summed E-state index contributed by atoms with van der Waals surface area (Å²) < 4.78 is 10.8. The minimum absolute atomic E-state index is 0.0414. The number of carbonyl (C=O) groups is 2. The van der Waals surface area contributed by atoms with Crippen molar-refractivity contribution >= 4 is 11.8 Å². The molecule has 0 radical (unpaired) electrons. The SMILES string of the molecule is COc1cccc(OCCNC(=O)CNC(=O)C23CC4CC(CC(C4)C2)C3)c1. The first kappa shape index (κ1) is 19.1. The predicted molar refractivity (Wildman–Crippen MR) is 105 cm³/mol. The van der Waals surface area contributed by atoms with Crippen LogP contribution in [-0.4, -0.2) is 38.6 Å².